The van der Waals surface area contributed by atoms with Gasteiger partial charge in [-0.3, -0.25) is 4.79 Å². The molecule has 0 unspecified atom stereocenters. The summed E-state index contributed by atoms with van der Waals surface area (Å²) >= 11 is 0. The number of hydrogen-bond acceptors (Lipinski definition) is 6. The van der Waals surface area contributed by atoms with Crippen LogP contribution in [0.5, 0.6) is 5.88 Å². The minimum absolute atomic E-state index is 0.108. The van der Waals surface area contributed by atoms with Crippen LogP contribution in [-0.4, -0.2) is 57.0 Å². The second kappa shape index (κ2) is 10.5. The van der Waals surface area contributed by atoms with Crippen molar-refractivity contribution < 1.29 is 22.7 Å². The molecule has 2 aromatic rings. The van der Waals surface area contributed by atoms with Gasteiger partial charge >= 0.3 is 0 Å². The second-order valence-electron chi connectivity index (χ2n) is 7.03. The van der Waals surface area contributed by atoms with Crippen molar-refractivity contribution in [3.8, 4) is 5.88 Å². The van der Waals surface area contributed by atoms with Crippen LogP contribution >= 0.6 is 0 Å². The third-order valence-corrected chi connectivity index (χ3v) is 6.73. The summed E-state index contributed by atoms with van der Waals surface area (Å²) in [6.45, 7) is 1.86. The lowest BCUT2D eigenvalue weighted by molar-refractivity contribution is -0.115. The van der Waals surface area contributed by atoms with Crippen LogP contribution in [0.3, 0.4) is 0 Å². The van der Waals surface area contributed by atoms with Crippen molar-refractivity contribution in [3.63, 3.8) is 0 Å². The molecule has 0 saturated carbocycles. The maximum atomic E-state index is 12.7. The second-order valence-corrected chi connectivity index (χ2v) is 8.97. The van der Waals surface area contributed by atoms with E-state index >= 15 is 0 Å². The Hall–Kier alpha value is -2.49. The van der Waals surface area contributed by atoms with Gasteiger partial charge in [-0.1, -0.05) is 18.6 Å². The molecule has 0 radical (unpaired) electrons. The van der Waals surface area contributed by atoms with Gasteiger partial charge in [0.2, 0.25) is 21.8 Å². The number of nitrogens with one attached hydrogen (secondary N) is 1. The van der Waals surface area contributed by atoms with Crippen molar-refractivity contribution in [2.45, 2.75) is 30.6 Å². The molecule has 1 aromatic heterocycles. The van der Waals surface area contributed by atoms with Crippen molar-refractivity contribution in [2.24, 2.45) is 0 Å². The molecule has 3 rings (SSSR count). The van der Waals surface area contributed by atoms with Crippen LogP contribution in [0.2, 0.25) is 0 Å². The van der Waals surface area contributed by atoms with Crippen molar-refractivity contribution in [3.05, 3.63) is 48.2 Å². The van der Waals surface area contributed by atoms with Crippen LogP contribution in [0.4, 0.5) is 5.69 Å². The molecule has 1 aliphatic heterocycles. The van der Waals surface area contributed by atoms with E-state index < -0.39 is 10.0 Å². The Morgan fingerprint density at radius 1 is 1.10 bits per heavy atom. The highest BCUT2D eigenvalue weighted by atomic mass is 32.2. The molecule has 30 heavy (non-hydrogen) atoms. The number of piperidine rings is 1. The van der Waals surface area contributed by atoms with Gasteiger partial charge in [-0.15, -0.1) is 0 Å². The highest BCUT2D eigenvalue weighted by Gasteiger charge is 2.25. The molecule has 9 heteroatoms. The van der Waals surface area contributed by atoms with Gasteiger partial charge in [0, 0.05) is 26.4 Å². The first-order valence-electron chi connectivity index (χ1n) is 9.96. The van der Waals surface area contributed by atoms with Crippen molar-refractivity contribution >= 4 is 21.6 Å². The molecule has 1 saturated heterocycles. The quantitative estimate of drug-likeness (QED) is 0.610. The third kappa shape index (κ3) is 5.78. The molecule has 1 fully saturated rings. The molecule has 0 atom stereocenters. The molecule has 1 aromatic carbocycles. The molecule has 1 N–H and O–H groups in total. The van der Waals surface area contributed by atoms with Crippen LogP contribution in [0.1, 0.15) is 24.8 Å². The van der Waals surface area contributed by atoms with Crippen molar-refractivity contribution in [1.29, 1.82) is 0 Å². The van der Waals surface area contributed by atoms with E-state index in [4.69, 9.17) is 9.47 Å². The van der Waals surface area contributed by atoms with Gasteiger partial charge in [0.1, 0.15) is 12.3 Å². The SMILES string of the molecule is COCCOc1ncccc1NC(=O)Cc1ccc(S(=O)(=O)N2CCCCC2)cc1. The number of ether oxygens (including phenoxy) is 2. The number of rotatable bonds is 9. The fourth-order valence-corrected chi connectivity index (χ4v) is 4.75. The summed E-state index contributed by atoms with van der Waals surface area (Å²) in [6.07, 6.45) is 4.54. The monoisotopic (exact) mass is 433 g/mol. The van der Waals surface area contributed by atoms with Crippen LogP contribution < -0.4 is 10.1 Å². The summed E-state index contributed by atoms with van der Waals surface area (Å²) in [7, 11) is -1.90. The molecule has 8 nitrogen and oxygen atoms in total. The number of anilines is 1. The molecule has 0 spiro atoms. The number of benzene rings is 1. The lowest BCUT2D eigenvalue weighted by Crippen LogP contribution is -2.35. The molecule has 0 bridgehead atoms. The highest BCUT2D eigenvalue weighted by molar-refractivity contribution is 7.89. The standard InChI is InChI=1S/C21H27N3O5S/c1-28-14-15-29-21-19(6-5-11-22-21)23-20(25)16-17-7-9-18(10-8-17)30(26,27)24-12-3-2-4-13-24/h5-11H,2-4,12-16H2,1H3,(H,23,25). The van der Waals surface area contributed by atoms with Crippen LogP contribution in [0.25, 0.3) is 0 Å². The maximum absolute atomic E-state index is 12.7. The first-order chi connectivity index (χ1) is 14.5. The number of amides is 1. The summed E-state index contributed by atoms with van der Waals surface area (Å²) < 4.78 is 37.4. The zero-order valence-corrected chi connectivity index (χ0v) is 17.9. The third-order valence-electron chi connectivity index (χ3n) is 4.81. The molecule has 1 aliphatic rings. The van der Waals surface area contributed by atoms with Gasteiger partial charge in [0.05, 0.1) is 17.9 Å². The Bertz CT molecular complexity index is 941. The average Bonchev–Trinajstić information content (AvgIpc) is 2.76. The maximum Gasteiger partial charge on any atom is 0.243 e. The van der Waals surface area contributed by atoms with E-state index in [0.717, 1.165) is 24.8 Å². The van der Waals surface area contributed by atoms with Crippen molar-refractivity contribution in [2.75, 3.05) is 38.7 Å². The highest BCUT2D eigenvalue weighted by Crippen LogP contribution is 2.22. The Kier molecular flexibility index (Phi) is 7.78. The smallest absolute Gasteiger partial charge is 0.243 e. The summed E-state index contributed by atoms with van der Waals surface area (Å²) in [5, 5.41) is 2.79. The first-order valence-corrected chi connectivity index (χ1v) is 11.4. The van der Waals surface area contributed by atoms with Gasteiger partial charge in [-0.25, -0.2) is 13.4 Å². The number of aromatic nitrogens is 1. The Balaban J connectivity index is 1.61. The number of pyridine rings is 1. The van der Waals surface area contributed by atoms with E-state index in [9.17, 15) is 13.2 Å². The number of sulfonamides is 1. The van der Waals surface area contributed by atoms with Gasteiger partial charge in [0.15, 0.2) is 0 Å². The molecule has 0 aliphatic carbocycles. The topological polar surface area (TPSA) is 97.8 Å². The first kappa shape index (κ1) is 22.2. The number of carbonyl (C=O) groups is 1. The van der Waals surface area contributed by atoms with E-state index in [1.54, 1.807) is 49.7 Å². The van der Waals surface area contributed by atoms with E-state index in [-0.39, 0.29) is 17.2 Å². The Morgan fingerprint density at radius 3 is 2.53 bits per heavy atom. The minimum atomic E-state index is -3.47. The average molecular weight is 434 g/mol. The number of nitrogens with zero attached hydrogens (tertiary/aromatic N) is 2. The number of carbonyl (C=O) groups excluding carboxylic acids is 1. The zero-order valence-electron chi connectivity index (χ0n) is 17.0. The van der Waals surface area contributed by atoms with E-state index in [0.29, 0.717) is 37.9 Å². The fourth-order valence-electron chi connectivity index (χ4n) is 3.24. The van der Waals surface area contributed by atoms with Crippen LogP contribution in [0, 0.1) is 0 Å². The van der Waals surface area contributed by atoms with Crippen molar-refractivity contribution in [1.82, 2.24) is 9.29 Å². The van der Waals surface area contributed by atoms with Crippen LogP contribution in [-0.2, 0) is 26.0 Å². The molecular formula is C21H27N3O5S. The number of methoxy groups -OCH3 is 1. The molecule has 2 heterocycles. The molecule has 1 amide bonds. The van der Waals surface area contributed by atoms with E-state index in [1.165, 1.54) is 4.31 Å². The summed E-state index contributed by atoms with van der Waals surface area (Å²) in [6, 6.07) is 9.90. The minimum Gasteiger partial charge on any atom is -0.474 e. The predicted molar refractivity (Wildman–Crippen MR) is 113 cm³/mol. The van der Waals surface area contributed by atoms with Gasteiger partial charge in [-0.05, 0) is 42.7 Å². The largest absolute Gasteiger partial charge is 0.474 e. The fraction of sp³-hybridized carbons (Fsp3) is 0.429. The molecule has 162 valence electrons. The van der Waals surface area contributed by atoms with E-state index in [2.05, 4.69) is 10.3 Å². The molecular weight excluding hydrogens is 406 g/mol. The number of hydrogen-bond donors (Lipinski definition) is 1. The summed E-state index contributed by atoms with van der Waals surface area (Å²) in [4.78, 5) is 16.8. The van der Waals surface area contributed by atoms with Gasteiger partial charge < -0.3 is 14.8 Å². The van der Waals surface area contributed by atoms with Gasteiger partial charge in [-0.2, -0.15) is 4.31 Å². The zero-order chi connectivity index (χ0) is 21.4. The van der Waals surface area contributed by atoms with E-state index in [1.807, 2.05) is 0 Å². The Morgan fingerprint density at radius 2 is 1.83 bits per heavy atom. The Labute approximate surface area is 177 Å². The predicted octanol–water partition coefficient (Wildman–Crippen LogP) is 2.46. The summed E-state index contributed by atoms with van der Waals surface area (Å²) in [5.41, 5.74) is 1.19. The lowest BCUT2D eigenvalue weighted by Gasteiger charge is -2.25. The normalized spacial score (nSPS) is 15.0. The van der Waals surface area contributed by atoms with Crippen LogP contribution in [0.15, 0.2) is 47.5 Å². The summed E-state index contributed by atoms with van der Waals surface area (Å²) in [5.74, 6) is 0.0807. The lowest BCUT2D eigenvalue weighted by atomic mass is 10.1. The van der Waals surface area contributed by atoms with Gasteiger partial charge in [0.25, 0.3) is 0 Å².